The van der Waals surface area contributed by atoms with Crippen molar-refractivity contribution in [2.75, 3.05) is 6.54 Å². The Hall–Kier alpha value is -4.34. The van der Waals surface area contributed by atoms with Crippen LogP contribution in [0.25, 0.3) is 5.69 Å². The van der Waals surface area contributed by atoms with Crippen molar-refractivity contribution in [2.24, 2.45) is 5.92 Å². The first-order valence-electron chi connectivity index (χ1n) is 12.1. The summed E-state index contributed by atoms with van der Waals surface area (Å²) in [6, 6.07) is 13.0. The fourth-order valence-electron chi connectivity index (χ4n) is 6.00. The molecule has 0 saturated carbocycles. The average Bonchev–Trinajstić information content (AvgIpc) is 3.54. The van der Waals surface area contributed by atoms with E-state index in [1.165, 1.54) is 20.7 Å². The Bertz CT molecular complexity index is 1480. The van der Waals surface area contributed by atoms with Crippen LogP contribution >= 0.6 is 0 Å². The highest BCUT2D eigenvalue weighted by Gasteiger charge is 2.48. The highest BCUT2D eigenvalue weighted by molar-refractivity contribution is 6.05. The van der Waals surface area contributed by atoms with Gasteiger partial charge < -0.3 is 9.80 Å². The van der Waals surface area contributed by atoms with Crippen molar-refractivity contribution in [1.29, 1.82) is 0 Å². The fraction of sp³-hybridized carbons (Fsp3) is 0.308. The minimum Gasteiger partial charge on any atom is -0.329 e. The summed E-state index contributed by atoms with van der Waals surface area (Å²) in [5, 5.41) is 10.6. The molecule has 0 spiro atoms. The maximum Gasteiger partial charge on any atom is 0.276 e. The monoisotopic (exact) mass is 482 g/mol. The zero-order chi connectivity index (χ0) is 24.6. The molecule has 0 bridgehead atoms. The van der Waals surface area contributed by atoms with Crippen LogP contribution in [0.2, 0.25) is 0 Å². The number of nitrogens with zero attached hydrogens (tertiary/aromatic N) is 5. The van der Waals surface area contributed by atoms with E-state index in [1.807, 2.05) is 29.2 Å². The van der Waals surface area contributed by atoms with Gasteiger partial charge in [-0.15, -0.1) is 5.10 Å². The number of aromatic nitrogens is 3. The van der Waals surface area contributed by atoms with E-state index in [0.29, 0.717) is 36.7 Å². The van der Waals surface area contributed by atoms with Crippen molar-refractivity contribution in [3.8, 4) is 5.69 Å². The van der Waals surface area contributed by atoms with Crippen LogP contribution < -0.4 is 5.32 Å². The van der Waals surface area contributed by atoms with Gasteiger partial charge in [0.2, 0.25) is 11.8 Å². The first-order chi connectivity index (χ1) is 17.5. The van der Waals surface area contributed by atoms with Gasteiger partial charge in [0.05, 0.1) is 17.9 Å². The largest absolute Gasteiger partial charge is 0.329 e. The molecule has 4 aliphatic rings. The van der Waals surface area contributed by atoms with Crippen LogP contribution in [-0.2, 0) is 22.6 Å². The molecule has 1 unspecified atom stereocenters. The maximum atomic E-state index is 13.2. The van der Waals surface area contributed by atoms with Gasteiger partial charge in [0.1, 0.15) is 6.04 Å². The molecule has 180 valence electrons. The van der Waals surface area contributed by atoms with Crippen LogP contribution in [0.5, 0.6) is 0 Å². The van der Waals surface area contributed by atoms with Crippen molar-refractivity contribution in [3.05, 3.63) is 76.6 Å². The fourth-order valence-corrected chi connectivity index (χ4v) is 6.00. The second kappa shape index (κ2) is 7.58. The number of fused-ring (bicyclic) bond motifs is 4. The number of hydrogen-bond acceptors (Lipinski definition) is 6. The predicted molar refractivity (Wildman–Crippen MR) is 125 cm³/mol. The van der Waals surface area contributed by atoms with Crippen LogP contribution in [-0.4, -0.2) is 61.0 Å². The molecule has 1 aromatic heterocycles. The van der Waals surface area contributed by atoms with Crippen molar-refractivity contribution in [3.63, 3.8) is 0 Å². The van der Waals surface area contributed by atoms with E-state index in [2.05, 4.69) is 27.8 Å². The molecule has 3 atom stereocenters. The van der Waals surface area contributed by atoms with Gasteiger partial charge in [-0.25, -0.2) is 4.68 Å². The van der Waals surface area contributed by atoms with Crippen molar-refractivity contribution >= 4 is 23.6 Å². The van der Waals surface area contributed by atoms with E-state index in [-0.39, 0.29) is 35.9 Å². The second-order valence-electron chi connectivity index (χ2n) is 9.86. The molecule has 36 heavy (non-hydrogen) atoms. The molecule has 1 N–H and O–H groups in total. The third-order valence-electron chi connectivity index (χ3n) is 7.82. The summed E-state index contributed by atoms with van der Waals surface area (Å²) in [5.74, 6) is -0.712. The lowest BCUT2D eigenvalue weighted by atomic mass is 9.89. The van der Waals surface area contributed by atoms with Crippen LogP contribution in [0.1, 0.15) is 56.4 Å². The minimum absolute atomic E-state index is 0.0923. The van der Waals surface area contributed by atoms with Crippen molar-refractivity contribution in [2.45, 2.75) is 37.9 Å². The Morgan fingerprint density at radius 1 is 1.06 bits per heavy atom. The van der Waals surface area contributed by atoms with Crippen molar-refractivity contribution < 1.29 is 19.2 Å². The number of likely N-dealkylation sites (tertiary alicyclic amines) is 1. The number of piperidine rings is 1. The third kappa shape index (κ3) is 3.03. The number of rotatable bonds is 3. The number of nitrogens with one attached hydrogen (secondary N) is 1. The SMILES string of the molecule is O=C1CCC(N2Cc3ccc(-n4cc(C(=O)N5C[C@@H]6Cc7ccccc7[C@@H]65)nn4)cc3C2=O)C(=O)N1. The summed E-state index contributed by atoms with van der Waals surface area (Å²) >= 11 is 0. The molecule has 2 saturated heterocycles. The summed E-state index contributed by atoms with van der Waals surface area (Å²) < 4.78 is 1.50. The number of imide groups is 1. The molecule has 2 aromatic carbocycles. The summed E-state index contributed by atoms with van der Waals surface area (Å²) in [6.45, 7) is 1.01. The van der Waals surface area contributed by atoms with E-state index < -0.39 is 11.9 Å². The van der Waals surface area contributed by atoms with Gasteiger partial charge >= 0.3 is 0 Å². The molecule has 0 radical (unpaired) electrons. The Morgan fingerprint density at radius 3 is 2.78 bits per heavy atom. The van der Waals surface area contributed by atoms with Gasteiger partial charge in [-0.2, -0.15) is 0 Å². The molecule has 2 fully saturated rings. The van der Waals surface area contributed by atoms with Gasteiger partial charge in [0.25, 0.3) is 11.8 Å². The first-order valence-corrected chi connectivity index (χ1v) is 12.1. The lowest BCUT2D eigenvalue weighted by Gasteiger charge is -2.44. The van der Waals surface area contributed by atoms with Crippen LogP contribution in [0.15, 0.2) is 48.7 Å². The zero-order valence-electron chi connectivity index (χ0n) is 19.3. The van der Waals surface area contributed by atoms with Gasteiger partial charge in [-0.1, -0.05) is 35.5 Å². The van der Waals surface area contributed by atoms with E-state index >= 15 is 0 Å². The Labute approximate surface area is 205 Å². The van der Waals surface area contributed by atoms with E-state index in [9.17, 15) is 19.2 Å². The van der Waals surface area contributed by atoms with Crippen molar-refractivity contribution in [1.82, 2.24) is 30.1 Å². The molecule has 7 rings (SSSR count). The molecule has 4 amide bonds. The zero-order valence-corrected chi connectivity index (χ0v) is 19.3. The average molecular weight is 483 g/mol. The van der Waals surface area contributed by atoms with Crippen LogP contribution in [0, 0.1) is 5.92 Å². The molecule has 3 aromatic rings. The maximum absolute atomic E-state index is 13.2. The number of carbonyl (C=O) groups is 4. The van der Waals surface area contributed by atoms with Gasteiger partial charge in [-0.3, -0.25) is 24.5 Å². The minimum atomic E-state index is -0.664. The van der Waals surface area contributed by atoms with Gasteiger partial charge in [0.15, 0.2) is 5.69 Å². The summed E-state index contributed by atoms with van der Waals surface area (Å²) in [4.78, 5) is 53.5. The quantitative estimate of drug-likeness (QED) is 0.564. The Kier molecular flexibility index (Phi) is 4.42. The topological polar surface area (TPSA) is 118 Å². The summed E-state index contributed by atoms with van der Waals surface area (Å²) in [7, 11) is 0. The molecular formula is C26H22N6O4. The smallest absolute Gasteiger partial charge is 0.276 e. The summed E-state index contributed by atoms with van der Waals surface area (Å²) in [6.07, 6.45) is 3.11. The second-order valence-corrected chi connectivity index (χ2v) is 9.86. The van der Waals surface area contributed by atoms with E-state index in [4.69, 9.17) is 0 Å². The first kappa shape index (κ1) is 21.0. The number of amides is 4. The number of hydrogen-bond donors (Lipinski definition) is 1. The predicted octanol–water partition coefficient (Wildman–Crippen LogP) is 1.40. The van der Waals surface area contributed by atoms with E-state index in [0.717, 1.165) is 12.0 Å². The molecule has 10 nitrogen and oxygen atoms in total. The highest BCUT2D eigenvalue weighted by Crippen LogP contribution is 2.48. The Balaban J connectivity index is 1.10. The standard InChI is InChI=1S/C26H22N6O4/c33-22-8-7-21(24(34)27-22)30-11-15-5-6-17(10-19(15)25(30)35)32-13-20(28-29-32)26(36)31-12-16-9-14-3-1-2-4-18(14)23(16)31/h1-6,10,13,16,21,23H,7-9,11-12H2,(H,27,33,34)/t16-,21?,23+/m0/s1. The normalized spacial score (nSPS) is 24.2. The number of benzene rings is 2. The molecule has 3 aliphatic heterocycles. The lowest BCUT2D eigenvalue weighted by molar-refractivity contribution is -0.136. The third-order valence-corrected chi connectivity index (χ3v) is 7.82. The summed E-state index contributed by atoms with van der Waals surface area (Å²) in [5.41, 5.74) is 4.67. The van der Waals surface area contributed by atoms with Crippen LogP contribution in [0.3, 0.4) is 0 Å². The lowest BCUT2D eigenvalue weighted by Crippen LogP contribution is -2.52. The highest BCUT2D eigenvalue weighted by atomic mass is 16.2. The molecule has 10 heteroatoms. The van der Waals surface area contributed by atoms with Gasteiger partial charge in [-0.05, 0) is 41.7 Å². The molecular weight excluding hydrogens is 460 g/mol. The Morgan fingerprint density at radius 2 is 1.92 bits per heavy atom. The van der Waals surface area contributed by atoms with Crippen LogP contribution in [0.4, 0.5) is 0 Å². The number of carbonyl (C=O) groups excluding carboxylic acids is 4. The molecule has 4 heterocycles. The van der Waals surface area contributed by atoms with E-state index in [1.54, 1.807) is 12.3 Å². The van der Waals surface area contributed by atoms with Gasteiger partial charge in [0, 0.05) is 31.0 Å². The molecule has 1 aliphatic carbocycles.